The molecule has 2 aromatic rings. The first-order chi connectivity index (χ1) is 5.81. The number of aryl methyl sites for hydroxylation is 1. The third-order valence-electron chi connectivity index (χ3n) is 1.84. The Morgan fingerprint density at radius 3 is 3.17 bits per heavy atom. The van der Waals surface area contributed by atoms with E-state index in [4.69, 9.17) is 5.73 Å². The molecule has 2 N–H and O–H groups in total. The highest BCUT2D eigenvalue weighted by Crippen LogP contribution is 2.08. The molecule has 2 rings (SSSR count). The van der Waals surface area contributed by atoms with Gasteiger partial charge in [-0.3, -0.25) is 0 Å². The maximum absolute atomic E-state index is 5.49. The molecule has 2 aromatic heterocycles. The molecule has 12 heavy (non-hydrogen) atoms. The van der Waals surface area contributed by atoms with E-state index in [9.17, 15) is 0 Å². The van der Waals surface area contributed by atoms with E-state index in [2.05, 4.69) is 10.3 Å². The number of pyridine rings is 1. The average molecular weight is 162 g/mol. The van der Waals surface area contributed by atoms with Gasteiger partial charge < -0.3 is 5.73 Å². The molecule has 0 aliphatic heterocycles. The Labute approximate surface area is 70.0 Å². The summed E-state index contributed by atoms with van der Waals surface area (Å²) < 4.78 is 1.73. The van der Waals surface area contributed by atoms with Crippen molar-refractivity contribution in [3.63, 3.8) is 0 Å². The van der Waals surface area contributed by atoms with Crippen LogP contribution in [0, 0.1) is 6.92 Å². The molecule has 2 heterocycles. The zero-order valence-corrected chi connectivity index (χ0v) is 6.86. The lowest BCUT2D eigenvalue weighted by Crippen LogP contribution is -1.97. The molecule has 0 aliphatic carbocycles. The number of aromatic nitrogens is 3. The predicted molar refractivity (Wildman–Crippen MR) is 45.6 cm³/mol. The average Bonchev–Trinajstić information content (AvgIpc) is 2.46. The van der Waals surface area contributed by atoms with Crippen molar-refractivity contribution in [2.45, 2.75) is 13.5 Å². The molecule has 0 spiro atoms. The van der Waals surface area contributed by atoms with Crippen LogP contribution in [0.25, 0.3) is 5.52 Å². The fraction of sp³-hybridized carbons (Fsp3) is 0.250. The van der Waals surface area contributed by atoms with E-state index in [0.29, 0.717) is 6.54 Å². The van der Waals surface area contributed by atoms with Gasteiger partial charge in [-0.15, -0.1) is 5.10 Å². The van der Waals surface area contributed by atoms with Crippen LogP contribution in [0.4, 0.5) is 0 Å². The molecule has 0 aliphatic rings. The summed E-state index contributed by atoms with van der Waals surface area (Å²) in [6.45, 7) is 2.47. The summed E-state index contributed by atoms with van der Waals surface area (Å²) in [5.74, 6) is 0. The minimum absolute atomic E-state index is 0.437. The van der Waals surface area contributed by atoms with Gasteiger partial charge in [-0.25, -0.2) is 4.52 Å². The highest BCUT2D eigenvalue weighted by molar-refractivity contribution is 5.51. The van der Waals surface area contributed by atoms with Gasteiger partial charge in [-0.05, 0) is 24.6 Å². The Bertz CT molecular complexity index is 404. The lowest BCUT2D eigenvalue weighted by Gasteiger charge is -1.94. The van der Waals surface area contributed by atoms with Gasteiger partial charge in [0.1, 0.15) is 5.69 Å². The molecular weight excluding hydrogens is 152 g/mol. The second-order valence-electron chi connectivity index (χ2n) is 2.77. The molecule has 0 amide bonds. The molecule has 4 heteroatoms. The summed E-state index contributed by atoms with van der Waals surface area (Å²) >= 11 is 0. The second-order valence-corrected chi connectivity index (χ2v) is 2.77. The molecule has 4 nitrogen and oxygen atoms in total. The number of fused-ring (bicyclic) bond motifs is 1. The van der Waals surface area contributed by atoms with Crippen LogP contribution < -0.4 is 5.73 Å². The standard InChI is InChI=1S/C8H10N4/c1-6-2-3-12-8(4-6)7(5-9)10-11-12/h2-4H,5,9H2,1H3. The third-order valence-corrected chi connectivity index (χ3v) is 1.84. The second kappa shape index (κ2) is 2.57. The van der Waals surface area contributed by atoms with E-state index in [1.54, 1.807) is 4.52 Å². The van der Waals surface area contributed by atoms with Crippen LogP contribution in [-0.4, -0.2) is 14.8 Å². The van der Waals surface area contributed by atoms with E-state index in [1.807, 2.05) is 25.3 Å². The Hall–Kier alpha value is -1.42. The van der Waals surface area contributed by atoms with Gasteiger partial charge >= 0.3 is 0 Å². The van der Waals surface area contributed by atoms with Crippen molar-refractivity contribution in [2.75, 3.05) is 0 Å². The molecule has 0 unspecified atom stereocenters. The summed E-state index contributed by atoms with van der Waals surface area (Å²) in [6.07, 6.45) is 1.89. The van der Waals surface area contributed by atoms with Crippen LogP contribution in [0.15, 0.2) is 18.3 Å². The maximum atomic E-state index is 5.49. The van der Waals surface area contributed by atoms with Crippen molar-refractivity contribution in [1.29, 1.82) is 0 Å². The zero-order valence-electron chi connectivity index (χ0n) is 6.86. The smallest absolute Gasteiger partial charge is 0.104 e. The van der Waals surface area contributed by atoms with Gasteiger partial charge in [0.25, 0.3) is 0 Å². The van der Waals surface area contributed by atoms with Crippen molar-refractivity contribution in [1.82, 2.24) is 14.8 Å². The van der Waals surface area contributed by atoms with E-state index >= 15 is 0 Å². The van der Waals surface area contributed by atoms with E-state index < -0.39 is 0 Å². The Morgan fingerprint density at radius 2 is 2.42 bits per heavy atom. The molecule has 0 radical (unpaired) electrons. The van der Waals surface area contributed by atoms with Crippen molar-refractivity contribution in [3.05, 3.63) is 29.6 Å². The predicted octanol–water partition coefficient (Wildman–Crippen LogP) is 0.496. The quantitative estimate of drug-likeness (QED) is 0.664. The number of nitrogens with zero attached hydrogens (tertiary/aromatic N) is 3. The molecule has 0 fully saturated rings. The Morgan fingerprint density at radius 1 is 1.58 bits per heavy atom. The SMILES string of the molecule is Cc1ccn2nnc(CN)c2c1. The summed E-state index contributed by atoms with van der Waals surface area (Å²) in [7, 11) is 0. The molecular formula is C8H10N4. The van der Waals surface area contributed by atoms with Crippen molar-refractivity contribution < 1.29 is 0 Å². The van der Waals surface area contributed by atoms with Crippen LogP contribution in [0.5, 0.6) is 0 Å². The minimum atomic E-state index is 0.437. The summed E-state index contributed by atoms with van der Waals surface area (Å²) in [5.41, 5.74) is 8.53. The van der Waals surface area contributed by atoms with Crippen LogP contribution in [0.3, 0.4) is 0 Å². The minimum Gasteiger partial charge on any atom is -0.325 e. The van der Waals surface area contributed by atoms with E-state index in [0.717, 1.165) is 11.2 Å². The molecule has 0 aromatic carbocycles. The van der Waals surface area contributed by atoms with Gasteiger partial charge in [0.15, 0.2) is 0 Å². The lowest BCUT2D eigenvalue weighted by molar-refractivity contribution is 0.836. The van der Waals surface area contributed by atoms with E-state index in [1.165, 1.54) is 5.56 Å². The lowest BCUT2D eigenvalue weighted by atomic mass is 10.2. The highest BCUT2D eigenvalue weighted by atomic mass is 15.4. The van der Waals surface area contributed by atoms with Crippen molar-refractivity contribution >= 4 is 5.52 Å². The summed E-state index contributed by atoms with van der Waals surface area (Å²) in [6, 6.07) is 4.02. The van der Waals surface area contributed by atoms with Gasteiger partial charge in [-0.1, -0.05) is 5.21 Å². The fourth-order valence-corrected chi connectivity index (χ4v) is 1.19. The van der Waals surface area contributed by atoms with Crippen LogP contribution in [0.2, 0.25) is 0 Å². The first-order valence-electron chi connectivity index (χ1n) is 3.82. The molecule has 0 atom stereocenters. The first kappa shape index (κ1) is 7.24. The van der Waals surface area contributed by atoms with Gasteiger partial charge in [0.2, 0.25) is 0 Å². The van der Waals surface area contributed by atoms with E-state index in [-0.39, 0.29) is 0 Å². The maximum Gasteiger partial charge on any atom is 0.104 e. The van der Waals surface area contributed by atoms with Crippen molar-refractivity contribution in [2.24, 2.45) is 5.73 Å². The number of hydrogen-bond donors (Lipinski definition) is 1. The third kappa shape index (κ3) is 0.967. The monoisotopic (exact) mass is 162 g/mol. The van der Waals surface area contributed by atoms with Gasteiger partial charge in [-0.2, -0.15) is 0 Å². The topological polar surface area (TPSA) is 56.2 Å². The highest BCUT2D eigenvalue weighted by Gasteiger charge is 2.02. The zero-order chi connectivity index (χ0) is 8.55. The number of nitrogens with two attached hydrogens (primary N) is 1. The Kier molecular flexibility index (Phi) is 1.55. The number of hydrogen-bond acceptors (Lipinski definition) is 3. The number of rotatable bonds is 1. The normalized spacial score (nSPS) is 10.8. The molecule has 0 saturated heterocycles. The molecule has 0 saturated carbocycles. The summed E-state index contributed by atoms with van der Waals surface area (Å²) in [4.78, 5) is 0. The van der Waals surface area contributed by atoms with Crippen LogP contribution >= 0.6 is 0 Å². The molecule has 62 valence electrons. The fourth-order valence-electron chi connectivity index (χ4n) is 1.19. The van der Waals surface area contributed by atoms with Crippen molar-refractivity contribution in [3.8, 4) is 0 Å². The van der Waals surface area contributed by atoms with Crippen LogP contribution in [-0.2, 0) is 6.54 Å². The Balaban J connectivity index is 2.75. The molecule has 0 bridgehead atoms. The van der Waals surface area contributed by atoms with Gasteiger partial charge in [0, 0.05) is 12.7 Å². The summed E-state index contributed by atoms with van der Waals surface area (Å²) in [5, 5.41) is 7.86. The van der Waals surface area contributed by atoms with Gasteiger partial charge in [0.05, 0.1) is 5.52 Å². The van der Waals surface area contributed by atoms with Crippen LogP contribution in [0.1, 0.15) is 11.3 Å². The largest absolute Gasteiger partial charge is 0.325 e. The first-order valence-corrected chi connectivity index (χ1v) is 3.82.